The molecule has 9 nitrogen and oxygen atoms in total. The number of rotatable bonds is 4. The summed E-state index contributed by atoms with van der Waals surface area (Å²) in [4.78, 5) is -0.327. The number of hydrogen-bond acceptors (Lipinski definition) is 6. The van der Waals surface area contributed by atoms with Crippen LogP contribution in [0.15, 0.2) is 35.2 Å². The minimum absolute atomic E-state index is 0.269. The van der Waals surface area contributed by atoms with E-state index in [0.29, 0.717) is 5.69 Å². The summed E-state index contributed by atoms with van der Waals surface area (Å²) in [5.74, 6) is -0.269. The van der Waals surface area contributed by atoms with Gasteiger partial charge in [0.15, 0.2) is 0 Å². The first-order chi connectivity index (χ1) is 9.56. The smallest absolute Gasteiger partial charge is 0.341 e. The zero-order valence-corrected chi connectivity index (χ0v) is 12.2. The molecule has 11 heteroatoms. The van der Waals surface area contributed by atoms with Crippen molar-refractivity contribution in [1.29, 1.82) is 0 Å². The van der Waals surface area contributed by atoms with Gasteiger partial charge in [0, 0.05) is 6.07 Å². The highest BCUT2D eigenvalue weighted by Gasteiger charge is 2.16. The molecular formula is C10H10N2O7S2. The van der Waals surface area contributed by atoms with Crippen LogP contribution in [0.5, 0.6) is 5.88 Å². The van der Waals surface area contributed by atoms with Crippen molar-refractivity contribution < 1.29 is 30.1 Å². The summed E-state index contributed by atoms with van der Waals surface area (Å²) in [6.45, 7) is 1.57. The van der Waals surface area contributed by atoms with Crippen molar-refractivity contribution in [3.63, 3.8) is 0 Å². The predicted molar refractivity (Wildman–Crippen MR) is 70.3 cm³/mol. The fraction of sp³-hybridized carbons (Fsp3) is 0.100. The SMILES string of the molecule is Cc1cc(OS(=O)(=O)O)n(-c2ccc(S(=O)(=O)O)cc2)n1. The Balaban J connectivity index is 2.47. The standard InChI is InChI=1S/C10H10N2O7S2/c1-7-6-10(19-21(16,17)18)12(11-7)8-2-4-9(5-3-8)20(13,14)15/h2-6H,1H3,(H,13,14,15)(H,16,17,18). The van der Waals surface area contributed by atoms with E-state index < -0.39 is 20.5 Å². The summed E-state index contributed by atoms with van der Waals surface area (Å²) in [5.41, 5.74) is 0.682. The van der Waals surface area contributed by atoms with E-state index >= 15 is 0 Å². The third-order valence-corrected chi connectivity index (χ3v) is 3.62. The summed E-state index contributed by atoms with van der Waals surface area (Å²) in [7, 11) is -9.05. The van der Waals surface area contributed by atoms with Crippen LogP contribution >= 0.6 is 0 Å². The van der Waals surface area contributed by atoms with Crippen molar-refractivity contribution in [2.75, 3.05) is 0 Å². The van der Waals surface area contributed by atoms with Gasteiger partial charge in [-0.15, -0.1) is 0 Å². The molecule has 0 aliphatic heterocycles. The number of aryl methyl sites for hydroxylation is 1. The van der Waals surface area contributed by atoms with E-state index in [4.69, 9.17) is 9.11 Å². The molecule has 0 aliphatic rings. The van der Waals surface area contributed by atoms with Crippen LogP contribution in [0.4, 0.5) is 0 Å². The lowest BCUT2D eigenvalue weighted by Gasteiger charge is -2.06. The Kier molecular flexibility index (Phi) is 3.76. The highest BCUT2D eigenvalue weighted by atomic mass is 32.3. The summed E-state index contributed by atoms with van der Waals surface area (Å²) in [6.07, 6.45) is 0. The molecular weight excluding hydrogens is 324 g/mol. The van der Waals surface area contributed by atoms with E-state index in [1.54, 1.807) is 6.92 Å². The lowest BCUT2D eigenvalue weighted by Crippen LogP contribution is -2.10. The zero-order valence-electron chi connectivity index (χ0n) is 10.5. The Morgan fingerprint density at radius 2 is 1.67 bits per heavy atom. The zero-order chi connectivity index (χ0) is 15.8. The topological polar surface area (TPSA) is 136 Å². The number of hydrogen-bond donors (Lipinski definition) is 2. The van der Waals surface area contributed by atoms with Gasteiger partial charge in [0.1, 0.15) is 0 Å². The molecule has 2 N–H and O–H groups in total. The van der Waals surface area contributed by atoms with E-state index in [2.05, 4.69) is 9.28 Å². The molecule has 2 aromatic rings. The van der Waals surface area contributed by atoms with Crippen LogP contribution in [0.3, 0.4) is 0 Å². The van der Waals surface area contributed by atoms with Gasteiger partial charge in [-0.1, -0.05) is 0 Å². The van der Waals surface area contributed by atoms with Gasteiger partial charge in [0.05, 0.1) is 16.3 Å². The van der Waals surface area contributed by atoms with Crippen LogP contribution < -0.4 is 4.18 Å². The van der Waals surface area contributed by atoms with Crippen LogP contribution in [0.25, 0.3) is 5.69 Å². The van der Waals surface area contributed by atoms with E-state index in [1.165, 1.54) is 18.2 Å². The minimum atomic E-state index is -4.72. The van der Waals surface area contributed by atoms with E-state index in [9.17, 15) is 16.8 Å². The van der Waals surface area contributed by atoms with Crippen molar-refractivity contribution in [2.45, 2.75) is 11.8 Å². The first-order valence-corrected chi connectivity index (χ1v) is 8.18. The summed E-state index contributed by atoms with van der Waals surface area (Å²) in [5, 5.41) is 3.96. The van der Waals surface area contributed by atoms with E-state index in [1.807, 2.05) is 0 Å². The van der Waals surface area contributed by atoms with Crippen molar-refractivity contribution in [2.24, 2.45) is 0 Å². The molecule has 0 saturated carbocycles. The quantitative estimate of drug-likeness (QED) is 0.776. The molecule has 0 saturated heterocycles. The maximum atomic E-state index is 10.9. The number of aromatic nitrogens is 2. The van der Waals surface area contributed by atoms with Gasteiger partial charge in [-0.05, 0) is 31.2 Å². The van der Waals surface area contributed by atoms with Gasteiger partial charge >= 0.3 is 10.4 Å². The first kappa shape index (κ1) is 15.4. The van der Waals surface area contributed by atoms with Gasteiger partial charge < -0.3 is 4.18 Å². The molecule has 21 heavy (non-hydrogen) atoms. The van der Waals surface area contributed by atoms with Crippen LogP contribution in [-0.4, -0.2) is 35.7 Å². The lowest BCUT2D eigenvalue weighted by molar-refractivity contribution is 0.375. The van der Waals surface area contributed by atoms with Crippen LogP contribution in [0.2, 0.25) is 0 Å². The average molecular weight is 334 g/mol. The monoisotopic (exact) mass is 334 g/mol. The second-order valence-corrected chi connectivity index (χ2v) is 6.46. The summed E-state index contributed by atoms with van der Waals surface area (Å²) in [6, 6.07) is 6.06. The van der Waals surface area contributed by atoms with E-state index in [0.717, 1.165) is 16.8 Å². The van der Waals surface area contributed by atoms with Crippen molar-refractivity contribution in [1.82, 2.24) is 9.78 Å². The molecule has 0 fully saturated rings. The second-order valence-electron chi connectivity index (χ2n) is 4.02. The molecule has 0 spiro atoms. The fourth-order valence-electron chi connectivity index (χ4n) is 1.59. The minimum Gasteiger partial charge on any atom is -0.341 e. The maximum absolute atomic E-state index is 10.9. The number of benzene rings is 1. The third kappa shape index (κ3) is 3.78. The second kappa shape index (κ2) is 5.11. The molecule has 0 amide bonds. The third-order valence-electron chi connectivity index (χ3n) is 2.37. The summed E-state index contributed by atoms with van der Waals surface area (Å²) < 4.78 is 66.4. The molecule has 1 aromatic carbocycles. The first-order valence-electron chi connectivity index (χ1n) is 5.38. The Labute approximate surface area is 120 Å². The van der Waals surface area contributed by atoms with Gasteiger partial charge in [-0.2, -0.15) is 26.6 Å². The Bertz CT molecular complexity index is 867. The highest BCUT2D eigenvalue weighted by molar-refractivity contribution is 7.85. The molecule has 1 heterocycles. The van der Waals surface area contributed by atoms with Crippen molar-refractivity contribution >= 4 is 20.5 Å². The molecule has 0 radical (unpaired) electrons. The van der Waals surface area contributed by atoms with Crippen LogP contribution in [0, 0.1) is 6.92 Å². The molecule has 1 aromatic heterocycles. The number of nitrogens with zero attached hydrogens (tertiary/aromatic N) is 2. The lowest BCUT2D eigenvalue weighted by atomic mass is 10.3. The largest absolute Gasteiger partial charge is 0.447 e. The summed E-state index contributed by atoms with van der Waals surface area (Å²) >= 11 is 0. The average Bonchev–Trinajstić information content (AvgIpc) is 2.67. The van der Waals surface area contributed by atoms with Gasteiger partial charge in [0.25, 0.3) is 10.1 Å². The van der Waals surface area contributed by atoms with E-state index in [-0.39, 0.29) is 16.5 Å². The Morgan fingerprint density at radius 3 is 2.14 bits per heavy atom. The van der Waals surface area contributed by atoms with Gasteiger partial charge in [-0.25, -0.2) is 0 Å². The molecule has 0 bridgehead atoms. The van der Waals surface area contributed by atoms with Crippen molar-refractivity contribution in [3.8, 4) is 11.6 Å². The molecule has 2 rings (SSSR count). The van der Waals surface area contributed by atoms with Crippen LogP contribution in [0.1, 0.15) is 5.69 Å². The maximum Gasteiger partial charge on any atom is 0.447 e. The van der Waals surface area contributed by atoms with Gasteiger partial charge in [0.2, 0.25) is 5.88 Å². The molecule has 0 aliphatic carbocycles. The predicted octanol–water partition coefficient (Wildman–Crippen LogP) is 0.609. The van der Waals surface area contributed by atoms with Crippen molar-refractivity contribution in [3.05, 3.63) is 36.0 Å². The van der Waals surface area contributed by atoms with Gasteiger partial charge in [-0.3, -0.25) is 9.11 Å². The fourth-order valence-corrected chi connectivity index (χ4v) is 2.40. The van der Waals surface area contributed by atoms with Crippen LogP contribution in [-0.2, 0) is 20.5 Å². The Hall–Kier alpha value is -1.95. The highest BCUT2D eigenvalue weighted by Crippen LogP contribution is 2.21. The molecule has 0 unspecified atom stereocenters. The molecule has 114 valence electrons. The normalized spacial score (nSPS) is 12.3. The molecule has 0 atom stereocenters. The Morgan fingerprint density at radius 1 is 1.10 bits per heavy atom.